The standard InChI is InChI=1S/C41H24F2S/c1-23-10-8-17-31-36(23)41(43)30-16-7-2-11-25(30)37(31)24-20-21-34-33(22-24)39-32(18-9-19-35(39)44-34)38-26-12-3-5-14-28(26)40(42)29-15-6-4-13-27(29)38/h2-22H,1H3. The first-order chi connectivity index (χ1) is 21.6. The van der Waals surface area contributed by atoms with E-state index in [0.717, 1.165) is 60.1 Å². The maximum absolute atomic E-state index is 15.9. The van der Waals surface area contributed by atoms with E-state index in [1.54, 1.807) is 11.3 Å². The van der Waals surface area contributed by atoms with Gasteiger partial charge in [0.15, 0.2) is 0 Å². The Kier molecular flexibility index (Phi) is 5.45. The lowest BCUT2D eigenvalue weighted by atomic mass is 9.88. The van der Waals surface area contributed by atoms with Crippen LogP contribution in [0.25, 0.3) is 85.5 Å². The molecule has 8 aromatic carbocycles. The van der Waals surface area contributed by atoms with Gasteiger partial charge in [-0.15, -0.1) is 11.3 Å². The third kappa shape index (κ3) is 3.48. The molecule has 208 valence electrons. The molecule has 0 saturated heterocycles. The van der Waals surface area contributed by atoms with Gasteiger partial charge in [0.1, 0.15) is 11.6 Å². The van der Waals surface area contributed by atoms with Crippen molar-refractivity contribution in [2.45, 2.75) is 6.92 Å². The molecular weight excluding hydrogens is 563 g/mol. The molecule has 0 radical (unpaired) electrons. The Balaban J connectivity index is 1.42. The first-order valence-electron chi connectivity index (χ1n) is 14.7. The number of halogens is 2. The largest absolute Gasteiger partial charge is 0.206 e. The van der Waals surface area contributed by atoms with Crippen molar-refractivity contribution >= 4 is 74.6 Å². The molecule has 3 heteroatoms. The molecule has 0 aliphatic carbocycles. The Morgan fingerprint density at radius 1 is 0.432 bits per heavy atom. The molecule has 0 unspecified atom stereocenters. The van der Waals surface area contributed by atoms with Gasteiger partial charge < -0.3 is 0 Å². The molecule has 1 heterocycles. The molecule has 0 aliphatic heterocycles. The van der Waals surface area contributed by atoms with Crippen molar-refractivity contribution in [3.8, 4) is 22.3 Å². The van der Waals surface area contributed by atoms with Crippen molar-refractivity contribution in [1.29, 1.82) is 0 Å². The second-order valence-electron chi connectivity index (χ2n) is 11.5. The third-order valence-electron chi connectivity index (χ3n) is 9.11. The first kappa shape index (κ1) is 25.4. The predicted molar refractivity (Wildman–Crippen MR) is 185 cm³/mol. The van der Waals surface area contributed by atoms with Crippen LogP contribution < -0.4 is 0 Å². The van der Waals surface area contributed by atoms with Crippen LogP contribution in [0.3, 0.4) is 0 Å². The van der Waals surface area contributed by atoms with Crippen molar-refractivity contribution in [3.63, 3.8) is 0 Å². The summed E-state index contributed by atoms with van der Waals surface area (Å²) >= 11 is 1.77. The number of aryl methyl sites for hydroxylation is 1. The fourth-order valence-corrected chi connectivity index (χ4v) is 8.32. The average Bonchev–Trinajstić information content (AvgIpc) is 3.44. The summed E-state index contributed by atoms with van der Waals surface area (Å²) in [7, 11) is 0. The van der Waals surface area contributed by atoms with E-state index >= 15 is 8.78 Å². The Morgan fingerprint density at radius 2 is 1.00 bits per heavy atom. The molecule has 44 heavy (non-hydrogen) atoms. The molecule has 0 saturated carbocycles. The summed E-state index contributed by atoms with van der Waals surface area (Å²) in [4.78, 5) is 0. The number of rotatable bonds is 2. The summed E-state index contributed by atoms with van der Waals surface area (Å²) in [6, 6.07) is 42.4. The minimum Gasteiger partial charge on any atom is -0.206 e. The molecule has 0 N–H and O–H groups in total. The number of hydrogen-bond acceptors (Lipinski definition) is 1. The highest BCUT2D eigenvalue weighted by Crippen LogP contribution is 2.47. The average molecular weight is 587 g/mol. The van der Waals surface area contributed by atoms with Crippen molar-refractivity contribution in [2.24, 2.45) is 0 Å². The Morgan fingerprint density at radius 3 is 1.68 bits per heavy atom. The zero-order valence-electron chi connectivity index (χ0n) is 23.8. The van der Waals surface area contributed by atoms with Crippen molar-refractivity contribution in [3.05, 3.63) is 145 Å². The second-order valence-corrected chi connectivity index (χ2v) is 12.6. The van der Waals surface area contributed by atoms with E-state index in [4.69, 9.17) is 0 Å². The van der Waals surface area contributed by atoms with Crippen molar-refractivity contribution in [1.82, 2.24) is 0 Å². The lowest BCUT2D eigenvalue weighted by molar-refractivity contribution is 0.651. The van der Waals surface area contributed by atoms with Crippen LogP contribution in [-0.2, 0) is 0 Å². The number of hydrogen-bond donors (Lipinski definition) is 0. The molecule has 0 bridgehead atoms. The Bertz CT molecular complexity index is 2590. The Hall–Kier alpha value is -5.12. The van der Waals surface area contributed by atoms with Crippen LogP contribution in [0.1, 0.15) is 5.56 Å². The lowest BCUT2D eigenvalue weighted by Crippen LogP contribution is -1.92. The number of fused-ring (bicyclic) bond motifs is 7. The van der Waals surface area contributed by atoms with Gasteiger partial charge in [0.2, 0.25) is 0 Å². The van der Waals surface area contributed by atoms with Crippen LogP contribution in [0, 0.1) is 18.6 Å². The van der Waals surface area contributed by atoms with Gasteiger partial charge in [-0.1, -0.05) is 109 Å². The molecule has 1 aromatic heterocycles. The van der Waals surface area contributed by atoms with Gasteiger partial charge >= 0.3 is 0 Å². The Labute approximate surface area is 256 Å². The fourth-order valence-electron chi connectivity index (χ4n) is 7.21. The minimum absolute atomic E-state index is 0.170. The molecular formula is C41H24F2S. The summed E-state index contributed by atoms with van der Waals surface area (Å²) in [5.74, 6) is -0.355. The topological polar surface area (TPSA) is 0 Å². The maximum atomic E-state index is 15.9. The van der Waals surface area contributed by atoms with Gasteiger partial charge in [-0.25, -0.2) is 8.78 Å². The summed E-state index contributed by atoms with van der Waals surface area (Å²) in [6.07, 6.45) is 0. The molecule has 0 nitrogen and oxygen atoms in total. The molecule has 0 fully saturated rings. The zero-order chi connectivity index (χ0) is 29.5. The molecule has 9 aromatic rings. The highest BCUT2D eigenvalue weighted by atomic mass is 32.1. The van der Waals surface area contributed by atoms with Crippen LogP contribution in [0.4, 0.5) is 8.78 Å². The molecule has 0 atom stereocenters. The third-order valence-corrected chi connectivity index (χ3v) is 10.2. The van der Waals surface area contributed by atoms with Gasteiger partial charge in [-0.3, -0.25) is 0 Å². The summed E-state index contributed by atoms with van der Waals surface area (Å²) in [5, 5.41) is 8.46. The first-order valence-corrected chi connectivity index (χ1v) is 15.6. The minimum atomic E-state index is -0.185. The van der Waals surface area contributed by atoms with E-state index in [-0.39, 0.29) is 11.6 Å². The van der Waals surface area contributed by atoms with Crippen LogP contribution >= 0.6 is 11.3 Å². The summed E-state index contributed by atoms with van der Waals surface area (Å²) in [5.41, 5.74) is 5.14. The van der Waals surface area contributed by atoms with Crippen LogP contribution in [0.5, 0.6) is 0 Å². The van der Waals surface area contributed by atoms with Gasteiger partial charge in [0.25, 0.3) is 0 Å². The maximum Gasteiger partial charge on any atom is 0.139 e. The highest BCUT2D eigenvalue weighted by Gasteiger charge is 2.21. The van der Waals surface area contributed by atoms with E-state index < -0.39 is 0 Å². The fraction of sp³-hybridized carbons (Fsp3) is 0.0244. The summed E-state index contributed by atoms with van der Waals surface area (Å²) < 4.78 is 34.1. The van der Waals surface area contributed by atoms with Crippen molar-refractivity contribution < 1.29 is 8.78 Å². The highest BCUT2D eigenvalue weighted by molar-refractivity contribution is 7.26. The summed E-state index contributed by atoms with van der Waals surface area (Å²) in [6.45, 7) is 1.98. The monoisotopic (exact) mass is 586 g/mol. The number of benzene rings is 8. The number of thiophene rings is 1. The quantitative estimate of drug-likeness (QED) is 0.177. The normalized spacial score (nSPS) is 12.0. The van der Waals surface area contributed by atoms with E-state index in [2.05, 4.69) is 36.4 Å². The zero-order valence-corrected chi connectivity index (χ0v) is 24.6. The molecule has 9 rings (SSSR count). The van der Waals surface area contributed by atoms with E-state index in [1.165, 1.54) is 9.40 Å². The molecule has 0 aliphatic rings. The van der Waals surface area contributed by atoms with Gasteiger partial charge in [-0.2, -0.15) is 0 Å². The van der Waals surface area contributed by atoms with Gasteiger partial charge in [0.05, 0.1) is 0 Å². The van der Waals surface area contributed by atoms with Crippen LogP contribution in [0.2, 0.25) is 0 Å². The van der Waals surface area contributed by atoms with E-state index in [0.29, 0.717) is 21.5 Å². The smallest absolute Gasteiger partial charge is 0.139 e. The second kappa shape index (κ2) is 9.44. The lowest BCUT2D eigenvalue weighted by Gasteiger charge is -2.16. The van der Waals surface area contributed by atoms with Gasteiger partial charge in [-0.05, 0) is 74.5 Å². The molecule has 0 spiro atoms. The predicted octanol–water partition coefficient (Wildman–Crippen LogP) is 12.6. The van der Waals surface area contributed by atoms with Crippen LogP contribution in [0.15, 0.2) is 127 Å². The SMILES string of the molecule is Cc1cccc2c(-c3ccc4sc5cccc(-c6c7ccccc7c(F)c7ccccc67)c5c4c3)c3ccccc3c(F)c12. The van der Waals surface area contributed by atoms with E-state index in [9.17, 15) is 0 Å². The van der Waals surface area contributed by atoms with E-state index in [1.807, 2.05) is 97.9 Å². The van der Waals surface area contributed by atoms with Gasteiger partial charge in [0, 0.05) is 41.7 Å². The van der Waals surface area contributed by atoms with Crippen LogP contribution in [-0.4, -0.2) is 0 Å². The van der Waals surface area contributed by atoms with Crippen molar-refractivity contribution in [2.75, 3.05) is 0 Å². The molecule has 0 amide bonds.